The zero-order chi connectivity index (χ0) is 14.2. The minimum Gasteiger partial charge on any atom is -0.311 e. The number of hydrogen-bond donors (Lipinski definition) is 1. The van der Waals surface area contributed by atoms with E-state index in [0.29, 0.717) is 6.04 Å². The second-order valence-electron chi connectivity index (χ2n) is 7.23. The fourth-order valence-corrected chi connectivity index (χ4v) is 4.61. The quantitative estimate of drug-likeness (QED) is 0.918. The van der Waals surface area contributed by atoms with Crippen molar-refractivity contribution in [1.82, 2.24) is 15.1 Å². The Kier molecular flexibility index (Phi) is 3.74. The smallest absolute Gasteiger partial charge is 0.0475 e. The first kappa shape index (κ1) is 13.7. The van der Waals surface area contributed by atoms with E-state index in [1.807, 2.05) is 0 Å². The van der Waals surface area contributed by atoms with Crippen LogP contribution in [0.25, 0.3) is 0 Å². The Morgan fingerprint density at radius 3 is 2.71 bits per heavy atom. The average molecular weight is 285 g/mol. The van der Waals surface area contributed by atoms with E-state index >= 15 is 0 Å². The lowest BCUT2D eigenvalue weighted by molar-refractivity contribution is 0.0708. The van der Waals surface area contributed by atoms with Crippen LogP contribution in [0.15, 0.2) is 30.3 Å². The summed E-state index contributed by atoms with van der Waals surface area (Å²) in [5, 5.41) is 3.79. The summed E-state index contributed by atoms with van der Waals surface area (Å²) in [6.45, 7) is 4.86. The summed E-state index contributed by atoms with van der Waals surface area (Å²) in [4.78, 5) is 5.23. The molecule has 3 heteroatoms. The predicted octanol–water partition coefficient (Wildman–Crippen LogP) is 2.12. The highest BCUT2D eigenvalue weighted by Crippen LogP contribution is 2.35. The minimum atomic E-state index is 0.573. The molecule has 4 atom stereocenters. The van der Waals surface area contributed by atoms with E-state index in [1.165, 1.54) is 44.5 Å². The lowest BCUT2D eigenvalue weighted by atomic mass is 9.88. The van der Waals surface area contributed by atoms with E-state index in [0.717, 1.165) is 24.5 Å². The van der Waals surface area contributed by atoms with E-state index in [1.54, 1.807) is 0 Å². The van der Waals surface area contributed by atoms with Gasteiger partial charge in [-0.1, -0.05) is 30.3 Å². The van der Waals surface area contributed by atoms with Gasteiger partial charge in [0.15, 0.2) is 0 Å². The van der Waals surface area contributed by atoms with Gasteiger partial charge in [-0.25, -0.2) is 0 Å². The highest BCUT2D eigenvalue weighted by molar-refractivity contribution is 5.20. The first-order chi connectivity index (χ1) is 10.3. The monoisotopic (exact) mass is 285 g/mol. The third-order valence-electron chi connectivity index (χ3n) is 5.78. The summed E-state index contributed by atoms with van der Waals surface area (Å²) in [5.41, 5.74) is 1.49. The van der Waals surface area contributed by atoms with Crippen LogP contribution in [0.5, 0.6) is 0 Å². The lowest BCUT2D eigenvalue weighted by Gasteiger charge is -2.42. The number of likely N-dealkylation sites (N-methyl/N-ethyl adjacent to an activating group) is 1. The molecule has 3 nitrogen and oxygen atoms in total. The highest BCUT2D eigenvalue weighted by Gasteiger charge is 2.40. The van der Waals surface area contributed by atoms with E-state index in [-0.39, 0.29) is 0 Å². The highest BCUT2D eigenvalue weighted by atomic mass is 15.3. The molecule has 1 aromatic rings. The molecular formula is C18H27N3. The van der Waals surface area contributed by atoms with Crippen molar-refractivity contribution in [1.29, 1.82) is 0 Å². The zero-order valence-electron chi connectivity index (χ0n) is 13.0. The fraction of sp³-hybridized carbons (Fsp3) is 0.667. The third-order valence-corrected chi connectivity index (χ3v) is 5.78. The Hall–Kier alpha value is -0.900. The maximum atomic E-state index is 3.79. The van der Waals surface area contributed by atoms with E-state index in [2.05, 4.69) is 52.5 Å². The maximum absolute atomic E-state index is 3.79. The van der Waals surface area contributed by atoms with Gasteiger partial charge in [-0.3, -0.25) is 4.90 Å². The molecule has 3 heterocycles. The minimum absolute atomic E-state index is 0.573. The van der Waals surface area contributed by atoms with Crippen LogP contribution in [0, 0.1) is 5.92 Å². The number of nitrogens with one attached hydrogen (secondary N) is 1. The molecule has 114 valence electrons. The van der Waals surface area contributed by atoms with Gasteiger partial charge in [0.25, 0.3) is 0 Å². The normalized spacial score (nSPS) is 37.2. The lowest BCUT2D eigenvalue weighted by Crippen LogP contribution is -2.49. The van der Waals surface area contributed by atoms with Crippen LogP contribution in [0.3, 0.4) is 0 Å². The number of piperazine rings is 1. The van der Waals surface area contributed by atoms with Crippen LogP contribution in [0.2, 0.25) is 0 Å². The van der Waals surface area contributed by atoms with Crippen molar-refractivity contribution in [3.05, 3.63) is 35.9 Å². The molecule has 21 heavy (non-hydrogen) atoms. The zero-order valence-corrected chi connectivity index (χ0v) is 13.0. The van der Waals surface area contributed by atoms with Gasteiger partial charge >= 0.3 is 0 Å². The molecule has 3 saturated heterocycles. The maximum Gasteiger partial charge on any atom is 0.0475 e. The van der Waals surface area contributed by atoms with Crippen molar-refractivity contribution in [2.45, 2.75) is 37.4 Å². The molecule has 4 rings (SSSR count). The Labute approximate surface area is 128 Å². The first-order valence-electron chi connectivity index (χ1n) is 8.53. The largest absolute Gasteiger partial charge is 0.311 e. The molecule has 0 saturated carbocycles. The van der Waals surface area contributed by atoms with Crippen LogP contribution in [-0.4, -0.2) is 55.1 Å². The molecule has 2 bridgehead atoms. The van der Waals surface area contributed by atoms with E-state index in [4.69, 9.17) is 0 Å². The molecule has 3 aliphatic rings. The van der Waals surface area contributed by atoms with Gasteiger partial charge in [0.1, 0.15) is 0 Å². The van der Waals surface area contributed by atoms with Gasteiger partial charge in [0, 0.05) is 44.3 Å². The van der Waals surface area contributed by atoms with Gasteiger partial charge in [-0.05, 0) is 37.8 Å². The van der Waals surface area contributed by atoms with Gasteiger partial charge in [-0.15, -0.1) is 0 Å². The van der Waals surface area contributed by atoms with Crippen LogP contribution in [0.4, 0.5) is 0 Å². The number of hydrogen-bond acceptors (Lipinski definition) is 3. The fourth-order valence-electron chi connectivity index (χ4n) is 4.61. The second-order valence-corrected chi connectivity index (χ2v) is 7.23. The van der Waals surface area contributed by atoms with Gasteiger partial charge in [-0.2, -0.15) is 0 Å². The number of fused-ring (bicyclic) bond motifs is 2. The Bertz CT molecular complexity index is 475. The first-order valence-corrected chi connectivity index (χ1v) is 8.53. The Morgan fingerprint density at radius 2 is 2.00 bits per heavy atom. The van der Waals surface area contributed by atoms with Crippen LogP contribution < -0.4 is 5.32 Å². The SMILES string of the molecule is CN1CCN(CC2CC3CCC2N3)C(c2ccccc2)C1. The number of nitrogens with zero attached hydrogens (tertiary/aromatic N) is 2. The Morgan fingerprint density at radius 1 is 1.14 bits per heavy atom. The average Bonchev–Trinajstić information content (AvgIpc) is 3.13. The number of rotatable bonds is 3. The molecule has 0 aromatic heterocycles. The third kappa shape index (κ3) is 2.75. The summed E-state index contributed by atoms with van der Waals surface area (Å²) >= 11 is 0. The van der Waals surface area contributed by atoms with E-state index in [9.17, 15) is 0 Å². The van der Waals surface area contributed by atoms with Crippen molar-refractivity contribution >= 4 is 0 Å². The topological polar surface area (TPSA) is 18.5 Å². The molecule has 0 spiro atoms. The predicted molar refractivity (Wildman–Crippen MR) is 86.3 cm³/mol. The molecular weight excluding hydrogens is 258 g/mol. The van der Waals surface area contributed by atoms with Gasteiger partial charge in [0.05, 0.1) is 0 Å². The van der Waals surface area contributed by atoms with Gasteiger partial charge in [0.2, 0.25) is 0 Å². The summed E-state index contributed by atoms with van der Waals surface area (Å²) in [7, 11) is 2.26. The molecule has 1 N–H and O–H groups in total. The molecule has 0 amide bonds. The summed E-state index contributed by atoms with van der Waals surface area (Å²) in [6, 6.07) is 13.3. The molecule has 4 unspecified atom stereocenters. The van der Waals surface area contributed by atoms with Crippen LogP contribution >= 0.6 is 0 Å². The summed E-state index contributed by atoms with van der Waals surface area (Å²) < 4.78 is 0. The van der Waals surface area contributed by atoms with E-state index < -0.39 is 0 Å². The van der Waals surface area contributed by atoms with Crippen LogP contribution in [-0.2, 0) is 0 Å². The molecule has 3 aliphatic heterocycles. The summed E-state index contributed by atoms with van der Waals surface area (Å²) in [5.74, 6) is 0.873. The molecule has 0 aliphatic carbocycles. The number of benzene rings is 1. The van der Waals surface area contributed by atoms with Crippen molar-refractivity contribution in [3.8, 4) is 0 Å². The molecule has 1 aromatic carbocycles. The van der Waals surface area contributed by atoms with Crippen molar-refractivity contribution in [3.63, 3.8) is 0 Å². The molecule has 0 radical (unpaired) electrons. The standard InChI is InChI=1S/C18H27N3/c1-20-9-10-21(12-15-11-16-7-8-17(15)19-16)18(13-20)14-5-3-2-4-6-14/h2-6,15-19H,7-13H2,1H3. The van der Waals surface area contributed by atoms with Crippen molar-refractivity contribution < 1.29 is 0 Å². The summed E-state index contributed by atoms with van der Waals surface area (Å²) in [6.07, 6.45) is 4.21. The van der Waals surface area contributed by atoms with Gasteiger partial charge < -0.3 is 10.2 Å². The second kappa shape index (κ2) is 5.71. The van der Waals surface area contributed by atoms with Crippen molar-refractivity contribution in [2.24, 2.45) is 5.92 Å². The van der Waals surface area contributed by atoms with Crippen LogP contribution in [0.1, 0.15) is 30.9 Å². The molecule has 3 fully saturated rings. The Balaban J connectivity index is 1.49. The van der Waals surface area contributed by atoms with Crippen molar-refractivity contribution in [2.75, 3.05) is 33.2 Å².